The summed E-state index contributed by atoms with van der Waals surface area (Å²) in [5.41, 5.74) is 4.19. The lowest BCUT2D eigenvalue weighted by Crippen LogP contribution is -2.27. The highest BCUT2D eigenvalue weighted by molar-refractivity contribution is 6.16. The second-order valence-corrected chi connectivity index (χ2v) is 6.61. The first-order valence-electron chi connectivity index (χ1n) is 8.89. The van der Waals surface area contributed by atoms with Crippen molar-refractivity contribution < 1.29 is 25.2 Å². The normalized spacial score (nSPS) is 14.9. The Bertz CT molecular complexity index is 824. The Hall–Kier alpha value is -2.45. The molecule has 0 saturated heterocycles. The van der Waals surface area contributed by atoms with E-state index in [2.05, 4.69) is 10.6 Å². The third-order valence-electron chi connectivity index (χ3n) is 4.65. The molecule has 6 N–H and O–H groups in total. The SMILES string of the molecule is O=C1c2ccccc2Cc2c(NCC(O)CO)ccc(NCC(O)CO)c21. The van der Waals surface area contributed by atoms with Crippen LogP contribution >= 0.6 is 0 Å². The van der Waals surface area contributed by atoms with Crippen molar-refractivity contribution in [1.29, 1.82) is 0 Å². The molecule has 0 saturated carbocycles. The molecule has 0 radical (unpaired) electrons. The average Bonchev–Trinajstić information content (AvgIpc) is 2.70. The summed E-state index contributed by atoms with van der Waals surface area (Å²) in [4.78, 5) is 13.1. The summed E-state index contributed by atoms with van der Waals surface area (Å²) >= 11 is 0. The number of ketones is 1. The fraction of sp³-hybridized carbons (Fsp3) is 0.350. The maximum Gasteiger partial charge on any atom is 0.195 e. The minimum absolute atomic E-state index is 0.112. The van der Waals surface area contributed by atoms with Gasteiger partial charge in [-0.05, 0) is 23.3 Å². The lowest BCUT2D eigenvalue weighted by molar-refractivity contribution is 0.103. The summed E-state index contributed by atoms with van der Waals surface area (Å²) in [6, 6.07) is 11.0. The molecule has 0 heterocycles. The average molecular weight is 372 g/mol. The molecule has 2 aromatic carbocycles. The van der Waals surface area contributed by atoms with Crippen LogP contribution in [0, 0.1) is 0 Å². The van der Waals surface area contributed by atoms with Gasteiger partial charge in [0.15, 0.2) is 5.78 Å². The predicted molar refractivity (Wildman–Crippen MR) is 102 cm³/mol. The van der Waals surface area contributed by atoms with Gasteiger partial charge in [-0.3, -0.25) is 4.79 Å². The third-order valence-corrected chi connectivity index (χ3v) is 4.65. The summed E-state index contributed by atoms with van der Waals surface area (Å²) in [5.74, 6) is -0.112. The van der Waals surface area contributed by atoms with Crippen LogP contribution in [0.25, 0.3) is 0 Å². The minimum atomic E-state index is -0.927. The van der Waals surface area contributed by atoms with Gasteiger partial charge in [0.2, 0.25) is 0 Å². The first-order chi connectivity index (χ1) is 13.0. The lowest BCUT2D eigenvalue weighted by atomic mass is 9.83. The van der Waals surface area contributed by atoms with Gasteiger partial charge < -0.3 is 31.1 Å². The van der Waals surface area contributed by atoms with Gasteiger partial charge in [-0.25, -0.2) is 0 Å². The Morgan fingerprint density at radius 2 is 1.48 bits per heavy atom. The molecule has 0 bridgehead atoms. The smallest absolute Gasteiger partial charge is 0.195 e. The number of carbonyl (C=O) groups is 1. The number of aliphatic hydroxyl groups is 4. The van der Waals surface area contributed by atoms with Crippen molar-refractivity contribution in [3.63, 3.8) is 0 Å². The van der Waals surface area contributed by atoms with Crippen LogP contribution in [0.2, 0.25) is 0 Å². The molecule has 1 aliphatic rings. The van der Waals surface area contributed by atoms with E-state index in [-0.39, 0.29) is 32.1 Å². The summed E-state index contributed by atoms with van der Waals surface area (Å²) in [7, 11) is 0. The molecule has 2 unspecified atom stereocenters. The van der Waals surface area contributed by atoms with Crippen LogP contribution in [0.15, 0.2) is 36.4 Å². The Balaban J connectivity index is 1.98. The molecular weight excluding hydrogens is 348 g/mol. The van der Waals surface area contributed by atoms with E-state index >= 15 is 0 Å². The Labute approximate surface area is 157 Å². The number of hydrogen-bond acceptors (Lipinski definition) is 7. The van der Waals surface area contributed by atoms with E-state index in [0.717, 1.165) is 11.1 Å². The van der Waals surface area contributed by atoms with E-state index in [1.807, 2.05) is 18.2 Å². The minimum Gasteiger partial charge on any atom is -0.394 e. The van der Waals surface area contributed by atoms with E-state index in [0.29, 0.717) is 28.9 Å². The Morgan fingerprint density at radius 1 is 0.889 bits per heavy atom. The molecule has 3 rings (SSSR count). The van der Waals surface area contributed by atoms with E-state index in [9.17, 15) is 15.0 Å². The number of anilines is 2. The van der Waals surface area contributed by atoms with Crippen molar-refractivity contribution in [2.45, 2.75) is 18.6 Å². The maximum absolute atomic E-state index is 13.1. The molecule has 7 nitrogen and oxygen atoms in total. The van der Waals surface area contributed by atoms with E-state index in [4.69, 9.17) is 10.2 Å². The van der Waals surface area contributed by atoms with Crippen LogP contribution in [0.5, 0.6) is 0 Å². The van der Waals surface area contributed by atoms with Crippen molar-refractivity contribution in [2.75, 3.05) is 36.9 Å². The van der Waals surface area contributed by atoms with Gasteiger partial charge in [-0.15, -0.1) is 0 Å². The molecule has 0 fully saturated rings. The first-order valence-corrected chi connectivity index (χ1v) is 8.89. The standard InChI is InChI=1S/C20H24N2O5/c23-10-13(25)8-21-17-5-6-18(22-9-14(26)11-24)19-16(17)7-12-3-1-2-4-15(12)20(19)27/h1-6,13-14,21-26H,7-11H2. The van der Waals surface area contributed by atoms with E-state index in [1.54, 1.807) is 18.2 Å². The molecule has 7 heteroatoms. The second-order valence-electron chi connectivity index (χ2n) is 6.61. The predicted octanol–water partition coefficient (Wildman–Crippen LogP) is 0.352. The van der Waals surface area contributed by atoms with Crippen LogP contribution in [-0.4, -0.2) is 64.7 Å². The third kappa shape index (κ3) is 4.12. The molecule has 0 spiro atoms. The van der Waals surface area contributed by atoms with Crippen LogP contribution in [-0.2, 0) is 6.42 Å². The molecule has 144 valence electrons. The maximum atomic E-state index is 13.1. The zero-order chi connectivity index (χ0) is 19.4. The zero-order valence-corrected chi connectivity index (χ0v) is 14.9. The van der Waals surface area contributed by atoms with Gasteiger partial charge in [0.1, 0.15) is 0 Å². The van der Waals surface area contributed by atoms with Gasteiger partial charge in [0, 0.05) is 36.4 Å². The summed E-state index contributed by atoms with van der Waals surface area (Å²) in [5, 5.41) is 43.4. The molecular formula is C20H24N2O5. The van der Waals surface area contributed by atoms with Gasteiger partial charge >= 0.3 is 0 Å². The van der Waals surface area contributed by atoms with Crippen molar-refractivity contribution in [2.24, 2.45) is 0 Å². The van der Waals surface area contributed by atoms with Crippen LogP contribution < -0.4 is 10.6 Å². The molecule has 27 heavy (non-hydrogen) atoms. The highest BCUT2D eigenvalue weighted by Crippen LogP contribution is 2.36. The topological polar surface area (TPSA) is 122 Å². The number of fused-ring (bicyclic) bond motifs is 2. The number of hydrogen-bond donors (Lipinski definition) is 6. The quantitative estimate of drug-likeness (QED) is 0.337. The monoisotopic (exact) mass is 372 g/mol. The van der Waals surface area contributed by atoms with Crippen LogP contribution in [0.3, 0.4) is 0 Å². The molecule has 0 amide bonds. The fourth-order valence-electron chi connectivity index (χ4n) is 3.21. The van der Waals surface area contributed by atoms with Gasteiger partial charge in [0.25, 0.3) is 0 Å². The first kappa shape index (κ1) is 19.3. The van der Waals surface area contributed by atoms with Gasteiger partial charge in [0.05, 0.1) is 31.0 Å². The van der Waals surface area contributed by atoms with Crippen molar-refractivity contribution >= 4 is 17.2 Å². The van der Waals surface area contributed by atoms with Gasteiger partial charge in [-0.1, -0.05) is 24.3 Å². The number of nitrogens with one attached hydrogen (secondary N) is 2. The van der Waals surface area contributed by atoms with E-state index < -0.39 is 12.2 Å². The Kier molecular flexibility index (Phi) is 6.08. The second kappa shape index (κ2) is 8.49. The molecule has 2 atom stereocenters. The number of aliphatic hydroxyl groups excluding tert-OH is 4. The Morgan fingerprint density at radius 3 is 2.15 bits per heavy atom. The number of rotatable bonds is 8. The van der Waals surface area contributed by atoms with Gasteiger partial charge in [-0.2, -0.15) is 0 Å². The number of carbonyl (C=O) groups excluding carboxylic acids is 1. The largest absolute Gasteiger partial charge is 0.394 e. The highest BCUT2D eigenvalue weighted by atomic mass is 16.3. The molecule has 2 aromatic rings. The molecule has 0 aromatic heterocycles. The van der Waals surface area contributed by atoms with Crippen LogP contribution in [0.4, 0.5) is 11.4 Å². The molecule has 0 aliphatic heterocycles. The van der Waals surface area contributed by atoms with Crippen molar-refractivity contribution in [3.05, 3.63) is 58.7 Å². The van der Waals surface area contributed by atoms with Crippen molar-refractivity contribution in [1.82, 2.24) is 0 Å². The van der Waals surface area contributed by atoms with Crippen LogP contribution in [0.1, 0.15) is 27.0 Å². The summed E-state index contributed by atoms with van der Waals surface area (Å²) in [6.07, 6.45) is -1.28. The fourth-order valence-corrected chi connectivity index (χ4v) is 3.21. The summed E-state index contributed by atoms with van der Waals surface area (Å²) < 4.78 is 0. The number of benzene rings is 2. The zero-order valence-electron chi connectivity index (χ0n) is 14.9. The lowest BCUT2D eigenvalue weighted by Gasteiger charge is -2.25. The van der Waals surface area contributed by atoms with E-state index in [1.165, 1.54) is 0 Å². The highest BCUT2D eigenvalue weighted by Gasteiger charge is 2.28. The molecule has 1 aliphatic carbocycles. The summed E-state index contributed by atoms with van der Waals surface area (Å²) in [6.45, 7) is -0.442. The van der Waals surface area contributed by atoms with Crippen molar-refractivity contribution in [3.8, 4) is 0 Å².